The summed E-state index contributed by atoms with van der Waals surface area (Å²) in [4.78, 5) is 29.7. The number of thioether (sulfide) groups is 1. The van der Waals surface area contributed by atoms with Crippen molar-refractivity contribution in [1.82, 2.24) is 20.5 Å². The molecule has 1 aromatic carbocycles. The quantitative estimate of drug-likeness (QED) is 0.535. The summed E-state index contributed by atoms with van der Waals surface area (Å²) in [7, 11) is 0. The maximum absolute atomic E-state index is 12.7. The van der Waals surface area contributed by atoms with Gasteiger partial charge < -0.3 is 20.5 Å². The van der Waals surface area contributed by atoms with E-state index < -0.39 is 0 Å². The monoisotopic (exact) mass is 398 g/mol. The first-order valence-electron chi connectivity index (χ1n) is 10.2. The number of aromatic amines is 1. The highest BCUT2D eigenvalue weighted by Gasteiger charge is 2.42. The lowest BCUT2D eigenvalue weighted by atomic mass is 10.0. The van der Waals surface area contributed by atoms with Crippen molar-refractivity contribution in [2.24, 2.45) is 0 Å². The number of nitrogens with zero attached hydrogens (tertiary/aromatic N) is 1. The minimum absolute atomic E-state index is 0.0303. The van der Waals surface area contributed by atoms with Crippen LogP contribution in [0, 0.1) is 0 Å². The van der Waals surface area contributed by atoms with Gasteiger partial charge in [-0.3, -0.25) is 4.79 Å². The zero-order valence-corrected chi connectivity index (χ0v) is 16.7. The van der Waals surface area contributed by atoms with E-state index in [1.54, 1.807) is 0 Å². The molecule has 3 aliphatic rings. The smallest absolute Gasteiger partial charge is 0.315 e. The van der Waals surface area contributed by atoms with Gasteiger partial charge in [0.1, 0.15) is 0 Å². The third-order valence-electron chi connectivity index (χ3n) is 6.30. The van der Waals surface area contributed by atoms with Crippen molar-refractivity contribution in [2.45, 2.75) is 56.0 Å². The van der Waals surface area contributed by atoms with Crippen LogP contribution in [0.5, 0.6) is 0 Å². The predicted molar refractivity (Wildman–Crippen MR) is 111 cm³/mol. The van der Waals surface area contributed by atoms with E-state index in [1.165, 1.54) is 22.2 Å². The van der Waals surface area contributed by atoms with Gasteiger partial charge in [-0.25, -0.2) is 4.79 Å². The van der Waals surface area contributed by atoms with Crippen molar-refractivity contribution in [2.75, 3.05) is 12.3 Å². The molecule has 3 amide bonds. The van der Waals surface area contributed by atoms with Crippen LogP contribution in [-0.4, -0.2) is 51.5 Å². The number of carbonyl (C=O) groups is 2. The molecule has 3 N–H and O–H groups in total. The lowest BCUT2D eigenvalue weighted by Gasteiger charge is -2.27. The number of aromatic nitrogens is 1. The minimum Gasteiger partial charge on any atom is -0.358 e. The molecular weight excluding hydrogens is 372 g/mol. The zero-order valence-electron chi connectivity index (χ0n) is 15.9. The molecule has 2 aromatic rings. The molecule has 2 saturated heterocycles. The lowest BCUT2D eigenvalue weighted by Crippen LogP contribution is -2.37. The fraction of sp³-hybridized carbons (Fsp3) is 0.524. The number of urea groups is 1. The summed E-state index contributed by atoms with van der Waals surface area (Å²) < 4.78 is 0. The molecule has 0 spiro atoms. The number of para-hydroxylation sites is 1. The summed E-state index contributed by atoms with van der Waals surface area (Å²) in [5.41, 5.74) is 3.74. The highest BCUT2D eigenvalue weighted by Crippen LogP contribution is 2.33. The Bertz CT molecular complexity index is 911. The van der Waals surface area contributed by atoms with Crippen molar-refractivity contribution >= 4 is 34.6 Å². The first-order valence-corrected chi connectivity index (χ1v) is 11.3. The number of nitrogens with one attached hydrogen (secondary N) is 3. The molecule has 3 unspecified atom stereocenters. The number of H-pyrrole nitrogens is 1. The van der Waals surface area contributed by atoms with Crippen LogP contribution in [-0.2, 0) is 17.8 Å². The number of unbranched alkanes of at least 4 members (excludes halogenated alkanes) is 1. The highest BCUT2D eigenvalue weighted by molar-refractivity contribution is 8.00. The first-order chi connectivity index (χ1) is 13.7. The average Bonchev–Trinajstić information content (AvgIpc) is 3.36. The first kappa shape index (κ1) is 17.9. The molecular formula is C21H26N4O2S. The molecule has 1 aromatic heterocycles. The Balaban J connectivity index is 1.11. The van der Waals surface area contributed by atoms with Gasteiger partial charge in [-0.15, -0.1) is 0 Å². The molecule has 28 heavy (non-hydrogen) atoms. The third kappa shape index (κ3) is 3.26. The van der Waals surface area contributed by atoms with Crippen LogP contribution in [0.2, 0.25) is 0 Å². The molecule has 0 aliphatic carbocycles. The SMILES string of the molecule is O=C1NC2CSC(CCCCC(=O)N3CCc4[nH]c5ccccc5c4C3)C2N1. The predicted octanol–water partition coefficient (Wildman–Crippen LogP) is 2.78. The van der Waals surface area contributed by atoms with Gasteiger partial charge in [0.2, 0.25) is 5.91 Å². The average molecular weight is 399 g/mol. The standard InChI is InChI=1S/C21H26N4O2S/c26-19(8-4-3-7-18-20-17(12-28-18)23-21(27)24-20)25-10-9-16-14(11-25)13-5-1-2-6-15(13)22-16/h1-2,5-6,17-18,20,22H,3-4,7-12H2,(H2,23,24,27). The van der Waals surface area contributed by atoms with E-state index in [1.807, 2.05) is 22.7 Å². The van der Waals surface area contributed by atoms with Crippen LogP contribution in [0.4, 0.5) is 4.79 Å². The molecule has 148 valence electrons. The van der Waals surface area contributed by atoms with Crippen molar-refractivity contribution in [3.8, 4) is 0 Å². The van der Waals surface area contributed by atoms with Gasteiger partial charge in [0.25, 0.3) is 0 Å². The molecule has 3 atom stereocenters. The van der Waals surface area contributed by atoms with Gasteiger partial charge in [0.05, 0.1) is 12.1 Å². The third-order valence-corrected chi connectivity index (χ3v) is 7.81. The Labute approximate surface area is 168 Å². The van der Waals surface area contributed by atoms with Gasteiger partial charge in [-0.05, 0) is 18.9 Å². The zero-order chi connectivity index (χ0) is 19.1. The van der Waals surface area contributed by atoms with Gasteiger partial charge in [0, 0.05) is 59.1 Å². The van der Waals surface area contributed by atoms with Crippen molar-refractivity contribution in [3.63, 3.8) is 0 Å². The molecule has 7 heteroatoms. The minimum atomic E-state index is -0.0303. The highest BCUT2D eigenvalue weighted by atomic mass is 32.2. The van der Waals surface area contributed by atoms with E-state index in [0.29, 0.717) is 11.7 Å². The van der Waals surface area contributed by atoms with E-state index in [9.17, 15) is 9.59 Å². The Hall–Kier alpha value is -2.15. The number of carbonyl (C=O) groups excluding carboxylic acids is 2. The second-order valence-electron chi connectivity index (χ2n) is 8.06. The summed E-state index contributed by atoms with van der Waals surface area (Å²) in [6.07, 6.45) is 4.55. The number of rotatable bonds is 5. The van der Waals surface area contributed by atoms with Crippen LogP contribution < -0.4 is 10.6 Å². The second kappa shape index (κ2) is 7.35. The molecule has 4 heterocycles. The summed E-state index contributed by atoms with van der Waals surface area (Å²) >= 11 is 1.94. The summed E-state index contributed by atoms with van der Waals surface area (Å²) in [5, 5.41) is 7.74. The lowest BCUT2D eigenvalue weighted by molar-refractivity contribution is -0.132. The Kier molecular flexibility index (Phi) is 4.70. The van der Waals surface area contributed by atoms with Crippen molar-refractivity contribution in [3.05, 3.63) is 35.5 Å². The van der Waals surface area contributed by atoms with Crippen LogP contribution in [0.3, 0.4) is 0 Å². The van der Waals surface area contributed by atoms with Gasteiger partial charge in [-0.2, -0.15) is 11.8 Å². The van der Waals surface area contributed by atoms with E-state index in [-0.39, 0.29) is 24.0 Å². The van der Waals surface area contributed by atoms with Crippen molar-refractivity contribution in [1.29, 1.82) is 0 Å². The number of hydrogen-bond acceptors (Lipinski definition) is 3. The molecule has 0 saturated carbocycles. The molecule has 0 radical (unpaired) electrons. The Morgan fingerprint density at radius 2 is 2.11 bits per heavy atom. The fourth-order valence-corrected chi connectivity index (χ4v) is 6.35. The largest absolute Gasteiger partial charge is 0.358 e. The summed E-state index contributed by atoms with van der Waals surface area (Å²) in [6, 6.07) is 8.86. The van der Waals surface area contributed by atoms with Crippen molar-refractivity contribution < 1.29 is 9.59 Å². The maximum Gasteiger partial charge on any atom is 0.315 e. The summed E-state index contributed by atoms with van der Waals surface area (Å²) in [6.45, 7) is 1.52. The Morgan fingerprint density at radius 1 is 1.21 bits per heavy atom. The topological polar surface area (TPSA) is 77.2 Å². The normalized spacial score (nSPS) is 26.1. The van der Waals surface area contributed by atoms with E-state index in [0.717, 1.165) is 44.5 Å². The van der Waals surface area contributed by atoms with Gasteiger partial charge >= 0.3 is 6.03 Å². The number of fused-ring (bicyclic) bond motifs is 4. The van der Waals surface area contributed by atoms with Crippen LogP contribution in [0.1, 0.15) is 36.9 Å². The summed E-state index contributed by atoms with van der Waals surface area (Å²) in [5.74, 6) is 1.26. The van der Waals surface area contributed by atoms with E-state index in [2.05, 4.69) is 33.8 Å². The number of hydrogen-bond donors (Lipinski definition) is 3. The molecule has 2 fully saturated rings. The molecule has 3 aliphatic heterocycles. The second-order valence-corrected chi connectivity index (χ2v) is 9.33. The number of amides is 3. The number of benzene rings is 1. The van der Waals surface area contributed by atoms with Crippen LogP contribution in [0.15, 0.2) is 24.3 Å². The molecule has 5 rings (SSSR count). The molecule has 0 bridgehead atoms. The maximum atomic E-state index is 12.7. The molecule has 6 nitrogen and oxygen atoms in total. The Morgan fingerprint density at radius 3 is 3.04 bits per heavy atom. The fourth-order valence-electron chi connectivity index (χ4n) is 4.80. The van der Waals surface area contributed by atoms with E-state index in [4.69, 9.17) is 0 Å². The van der Waals surface area contributed by atoms with Crippen LogP contribution in [0.25, 0.3) is 10.9 Å². The van der Waals surface area contributed by atoms with E-state index >= 15 is 0 Å². The van der Waals surface area contributed by atoms with Gasteiger partial charge in [-0.1, -0.05) is 24.6 Å². The van der Waals surface area contributed by atoms with Crippen LogP contribution >= 0.6 is 11.8 Å². The van der Waals surface area contributed by atoms with Gasteiger partial charge in [0.15, 0.2) is 0 Å².